The molecule has 1 saturated heterocycles. The predicted octanol–water partition coefficient (Wildman–Crippen LogP) is 2.66. The fraction of sp³-hybridized carbons (Fsp3) is 0.857. The minimum atomic E-state index is 0.661. The second-order valence-corrected chi connectivity index (χ2v) is 5.56. The summed E-state index contributed by atoms with van der Waals surface area (Å²) >= 11 is 0. The number of piperazine rings is 1. The summed E-state index contributed by atoms with van der Waals surface area (Å²) in [5.74, 6) is 0.729. The average molecular weight is 224 g/mol. The molecule has 0 aromatic heterocycles. The maximum atomic E-state index is 3.67. The Morgan fingerprint density at radius 3 is 2.62 bits per heavy atom. The highest BCUT2D eigenvalue weighted by Crippen LogP contribution is 2.15. The van der Waals surface area contributed by atoms with E-state index in [1.165, 1.54) is 18.5 Å². The second-order valence-electron chi connectivity index (χ2n) is 5.56. The zero-order valence-electron chi connectivity index (χ0n) is 11.6. The molecule has 2 atom stereocenters. The molecule has 2 heteroatoms. The first-order valence-electron chi connectivity index (χ1n) is 6.65. The summed E-state index contributed by atoms with van der Waals surface area (Å²) in [5.41, 5.74) is 1.43. The van der Waals surface area contributed by atoms with Crippen LogP contribution in [0, 0.1) is 5.92 Å². The number of allylic oxidation sites excluding steroid dienone is 1. The van der Waals surface area contributed by atoms with Crippen molar-refractivity contribution >= 4 is 0 Å². The van der Waals surface area contributed by atoms with Crippen LogP contribution in [0.3, 0.4) is 0 Å². The van der Waals surface area contributed by atoms with E-state index in [1.807, 2.05) is 0 Å². The van der Waals surface area contributed by atoms with E-state index in [9.17, 15) is 0 Å². The maximum Gasteiger partial charge on any atom is 0.0222 e. The quantitative estimate of drug-likeness (QED) is 0.739. The van der Waals surface area contributed by atoms with Crippen molar-refractivity contribution in [2.45, 2.75) is 53.1 Å². The summed E-state index contributed by atoms with van der Waals surface area (Å²) in [6.07, 6.45) is 3.60. The Hall–Kier alpha value is -0.340. The van der Waals surface area contributed by atoms with Gasteiger partial charge in [0.1, 0.15) is 0 Å². The van der Waals surface area contributed by atoms with Crippen LogP contribution in [0.4, 0.5) is 0 Å². The van der Waals surface area contributed by atoms with Gasteiger partial charge in [-0.3, -0.25) is 4.90 Å². The van der Waals surface area contributed by atoms with Crippen LogP contribution in [0.5, 0.6) is 0 Å². The van der Waals surface area contributed by atoms with E-state index in [4.69, 9.17) is 0 Å². The first-order chi connectivity index (χ1) is 7.54. The van der Waals surface area contributed by atoms with Crippen LogP contribution >= 0.6 is 0 Å². The lowest BCUT2D eigenvalue weighted by atomic mass is 9.98. The van der Waals surface area contributed by atoms with E-state index in [1.54, 1.807) is 0 Å². The molecule has 0 saturated carbocycles. The van der Waals surface area contributed by atoms with Gasteiger partial charge in [0.05, 0.1) is 0 Å². The number of rotatable bonds is 4. The Morgan fingerprint density at radius 2 is 2.12 bits per heavy atom. The third-order valence-corrected chi connectivity index (χ3v) is 3.57. The third-order valence-electron chi connectivity index (χ3n) is 3.57. The third kappa shape index (κ3) is 3.91. The zero-order chi connectivity index (χ0) is 12.1. The van der Waals surface area contributed by atoms with Crippen molar-refractivity contribution in [3.05, 3.63) is 11.6 Å². The molecule has 1 aliphatic rings. The van der Waals surface area contributed by atoms with Gasteiger partial charge in [-0.1, -0.05) is 32.4 Å². The van der Waals surface area contributed by atoms with E-state index < -0.39 is 0 Å². The highest BCUT2D eigenvalue weighted by Gasteiger charge is 2.27. The van der Waals surface area contributed by atoms with E-state index in [2.05, 4.69) is 50.9 Å². The predicted molar refractivity (Wildman–Crippen MR) is 71.7 cm³/mol. The summed E-state index contributed by atoms with van der Waals surface area (Å²) in [4.78, 5) is 2.63. The molecule has 2 nitrogen and oxygen atoms in total. The van der Waals surface area contributed by atoms with E-state index in [0.717, 1.165) is 19.0 Å². The second kappa shape index (κ2) is 6.41. The molecule has 0 aromatic rings. The number of nitrogens with one attached hydrogen (secondary N) is 1. The highest BCUT2D eigenvalue weighted by molar-refractivity contribution is 4.98. The van der Waals surface area contributed by atoms with Gasteiger partial charge in [0.25, 0.3) is 0 Å². The van der Waals surface area contributed by atoms with Crippen LogP contribution in [0.2, 0.25) is 0 Å². The zero-order valence-corrected chi connectivity index (χ0v) is 11.6. The van der Waals surface area contributed by atoms with Gasteiger partial charge in [0.2, 0.25) is 0 Å². The van der Waals surface area contributed by atoms with Crippen molar-refractivity contribution in [1.29, 1.82) is 0 Å². The van der Waals surface area contributed by atoms with Gasteiger partial charge in [-0.15, -0.1) is 0 Å². The van der Waals surface area contributed by atoms with Gasteiger partial charge < -0.3 is 5.32 Å². The monoisotopic (exact) mass is 224 g/mol. The number of hydrogen-bond donors (Lipinski definition) is 1. The van der Waals surface area contributed by atoms with Gasteiger partial charge in [0.15, 0.2) is 0 Å². The normalized spacial score (nSPS) is 27.1. The molecule has 16 heavy (non-hydrogen) atoms. The van der Waals surface area contributed by atoms with Crippen LogP contribution in [0.1, 0.15) is 41.0 Å². The Balaban J connectivity index is 2.57. The molecule has 2 unspecified atom stereocenters. The van der Waals surface area contributed by atoms with Gasteiger partial charge in [0, 0.05) is 31.7 Å². The molecule has 1 N–H and O–H groups in total. The average Bonchev–Trinajstić information content (AvgIpc) is 2.25. The van der Waals surface area contributed by atoms with Gasteiger partial charge in [-0.25, -0.2) is 0 Å². The lowest BCUT2D eigenvalue weighted by Gasteiger charge is -2.41. The fourth-order valence-electron chi connectivity index (χ4n) is 2.26. The van der Waals surface area contributed by atoms with Crippen LogP contribution < -0.4 is 5.32 Å². The van der Waals surface area contributed by atoms with Crippen molar-refractivity contribution in [2.75, 3.05) is 19.6 Å². The molecular weight excluding hydrogens is 196 g/mol. The van der Waals surface area contributed by atoms with Crippen LogP contribution in [0.25, 0.3) is 0 Å². The summed E-state index contributed by atoms with van der Waals surface area (Å²) in [7, 11) is 0. The summed E-state index contributed by atoms with van der Waals surface area (Å²) in [6, 6.07) is 1.37. The number of hydrogen-bond acceptors (Lipinski definition) is 2. The Morgan fingerprint density at radius 1 is 1.44 bits per heavy atom. The smallest absolute Gasteiger partial charge is 0.0222 e. The van der Waals surface area contributed by atoms with Crippen LogP contribution in [-0.4, -0.2) is 36.6 Å². The lowest BCUT2D eigenvalue weighted by Crippen LogP contribution is -2.57. The molecule has 1 fully saturated rings. The molecule has 94 valence electrons. The molecule has 1 aliphatic heterocycles. The lowest BCUT2D eigenvalue weighted by molar-refractivity contribution is 0.123. The summed E-state index contributed by atoms with van der Waals surface area (Å²) < 4.78 is 0. The SMILES string of the molecule is CCC1CNC(C(C)C)CN1CC=C(C)C. The van der Waals surface area contributed by atoms with E-state index in [0.29, 0.717) is 12.1 Å². The van der Waals surface area contributed by atoms with Crippen molar-refractivity contribution in [2.24, 2.45) is 5.92 Å². The van der Waals surface area contributed by atoms with Crippen LogP contribution in [-0.2, 0) is 0 Å². The summed E-state index contributed by atoms with van der Waals surface area (Å²) in [6.45, 7) is 14.7. The Labute approximate surface area is 101 Å². The van der Waals surface area contributed by atoms with Gasteiger partial charge in [-0.05, 0) is 26.2 Å². The molecule has 0 aliphatic carbocycles. The van der Waals surface area contributed by atoms with Gasteiger partial charge in [-0.2, -0.15) is 0 Å². The first-order valence-corrected chi connectivity index (χ1v) is 6.65. The molecule has 0 spiro atoms. The molecule has 1 heterocycles. The highest BCUT2D eigenvalue weighted by atomic mass is 15.2. The minimum Gasteiger partial charge on any atom is -0.311 e. The molecular formula is C14H28N2. The Bertz CT molecular complexity index is 229. The molecule has 0 radical (unpaired) electrons. The van der Waals surface area contributed by atoms with Crippen molar-refractivity contribution < 1.29 is 0 Å². The Kier molecular flexibility index (Phi) is 5.50. The number of nitrogens with zero attached hydrogens (tertiary/aromatic N) is 1. The van der Waals surface area contributed by atoms with Crippen LogP contribution in [0.15, 0.2) is 11.6 Å². The van der Waals surface area contributed by atoms with Gasteiger partial charge >= 0.3 is 0 Å². The molecule has 0 amide bonds. The topological polar surface area (TPSA) is 15.3 Å². The minimum absolute atomic E-state index is 0.661. The molecule has 0 aromatic carbocycles. The maximum absolute atomic E-state index is 3.67. The van der Waals surface area contributed by atoms with E-state index >= 15 is 0 Å². The summed E-state index contributed by atoms with van der Waals surface area (Å²) in [5, 5.41) is 3.67. The largest absolute Gasteiger partial charge is 0.311 e. The van der Waals surface area contributed by atoms with E-state index in [-0.39, 0.29) is 0 Å². The fourth-order valence-corrected chi connectivity index (χ4v) is 2.26. The molecule has 1 rings (SSSR count). The first kappa shape index (κ1) is 13.7. The standard InChI is InChI=1S/C14H28N2/c1-6-13-9-15-14(12(4)5)10-16(13)8-7-11(2)3/h7,12-15H,6,8-10H2,1-5H3. The van der Waals surface area contributed by atoms with Crippen molar-refractivity contribution in [3.63, 3.8) is 0 Å². The van der Waals surface area contributed by atoms with Crippen molar-refractivity contribution in [3.8, 4) is 0 Å². The van der Waals surface area contributed by atoms with Crippen molar-refractivity contribution in [1.82, 2.24) is 10.2 Å². The molecule has 0 bridgehead atoms.